The van der Waals surface area contributed by atoms with Crippen LogP contribution in [0, 0.1) is 10.1 Å². The molecule has 0 aliphatic carbocycles. The maximum Gasteiger partial charge on any atom is 0.269 e. The molecule has 0 fully saturated rings. The van der Waals surface area contributed by atoms with E-state index in [9.17, 15) is 14.9 Å². The Hall–Kier alpha value is -1.79. The predicted octanol–water partition coefficient (Wildman–Crippen LogP) is 1.83. The highest BCUT2D eigenvalue weighted by Crippen LogP contribution is 2.12. The SMILES string of the molecule is COCC(C)OCC(=O)c1ccc([N+](=O)[O-])cc1. The number of nitro benzene ring substituents is 1. The van der Waals surface area contributed by atoms with Crippen LogP contribution >= 0.6 is 0 Å². The Kier molecular flexibility index (Phi) is 5.41. The molecule has 6 nitrogen and oxygen atoms in total. The third kappa shape index (κ3) is 4.23. The highest BCUT2D eigenvalue weighted by Gasteiger charge is 2.11. The third-order valence-corrected chi connectivity index (χ3v) is 2.30. The number of methoxy groups -OCH3 is 1. The minimum Gasteiger partial charge on any atom is -0.382 e. The molecule has 1 unspecified atom stereocenters. The van der Waals surface area contributed by atoms with E-state index in [1.165, 1.54) is 24.3 Å². The van der Waals surface area contributed by atoms with E-state index >= 15 is 0 Å². The van der Waals surface area contributed by atoms with E-state index in [4.69, 9.17) is 9.47 Å². The van der Waals surface area contributed by atoms with Crippen LogP contribution in [-0.4, -0.2) is 37.1 Å². The van der Waals surface area contributed by atoms with E-state index < -0.39 is 4.92 Å². The van der Waals surface area contributed by atoms with Crippen molar-refractivity contribution in [1.29, 1.82) is 0 Å². The number of benzene rings is 1. The van der Waals surface area contributed by atoms with Gasteiger partial charge in [-0.2, -0.15) is 0 Å². The summed E-state index contributed by atoms with van der Waals surface area (Å²) in [6.45, 7) is 2.14. The maximum absolute atomic E-state index is 11.7. The lowest BCUT2D eigenvalue weighted by molar-refractivity contribution is -0.384. The fraction of sp³-hybridized carbons (Fsp3) is 0.417. The predicted molar refractivity (Wildman–Crippen MR) is 64.7 cm³/mol. The van der Waals surface area contributed by atoms with Crippen molar-refractivity contribution in [2.45, 2.75) is 13.0 Å². The molecule has 0 saturated carbocycles. The van der Waals surface area contributed by atoms with Crippen molar-refractivity contribution >= 4 is 11.5 Å². The smallest absolute Gasteiger partial charge is 0.269 e. The van der Waals surface area contributed by atoms with Gasteiger partial charge in [0, 0.05) is 24.8 Å². The van der Waals surface area contributed by atoms with Gasteiger partial charge in [0.1, 0.15) is 6.61 Å². The van der Waals surface area contributed by atoms with Crippen LogP contribution in [0.3, 0.4) is 0 Å². The van der Waals surface area contributed by atoms with Crippen LogP contribution in [0.5, 0.6) is 0 Å². The van der Waals surface area contributed by atoms with Gasteiger partial charge < -0.3 is 9.47 Å². The van der Waals surface area contributed by atoms with E-state index in [-0.39, 0.29) is 24.2 Å². The molecule has 1 rings (SSSR count). The molecule has 0 saturated heterocycles. The van der Waals surface area contributed by atoms with Crippen LogP contribution in [0.1, 0.15) is 17.3 Å². The number of hydrogen-bond acceptors (Lipinski definition) is 5. The summed E-state index contributed by atoms with van der Waals surface area (Å²) in [6, 6.07) is 5.44. The Labute approximate surface area is 105 Å². The van der Waals surface area contributed by atoms with E-state index in [1.54, 1.807) is 14.0 Å². The lowest BCUT2D eigenvalue weighted by Gasteiger charge is -2.10. The van der Waals surface area contributed by atoms with E-state index in [2.05, 4.69) is 0 Å². The quantitative estimate of drug-likeness (QED) is 0.421. The average molecular weight is 253 g/mol. The average Bonchev–Trinajstić information content (AvgIpc) is 2.36. The van der Waals surface area contributed by atoms with E-state index in [0.717, 1.165) is 0 Å². The van der Waals surface area contributed by atoms with Crippen LogP contribution in [0.15, 0.2) is 24.3 Å². The normalized spacial score (nSPS) is 12.1. The molecule has 1 atom stereocenters. The van der Waals surface area contributed by atoms with Gasteiger partial charge in [-0.3, -0.25) is 14.9 Å². The number of carbonyl (C=O) groups is 1. The summed E-state index contributed by atoms with van der Waals surface area (Å²) >= 11 is 0. The first kappa shape index (κ1) is 14.3. The summed E-state index contributed by atoms with van der Waals surface area (Å²) in [5, 5.41) is 10.5. The second kappa shape index (κ2) is 6.83. The van der Waals surface area contributed by atoms with Gasteiger partial charge >= 0.3 is 0 Å². The Balaban J connectivity index is 2.54. The molecular weight excluding hydrogens is 238 g/mol. The van der Waals surface area contributed by atoms with Crippen molar-refractivity contribution in [3.8, 4) is 0 Å². The highest BCUT2D eigenvalue weighted by atomic mass is 16.6. The monoisotopic (exact) mass is 253 g/mol. The van der Waals surface area contributed by atoms with Gasteiger partial charge in [-0.25, -0.2) is 0 Å². The Morgan fingerprint density at radius 2 is 2.00 bits per heavy atom. The van der Waals surface area contributed by atoms with Crippen molar-refractivity contribution in [2.24, 2.45) is 0 Å². The Bertz CT molecular complexity index is 415. The van der Waals surface area contributed by atoms with Crippen LogP contribution in [0.4, 0.5) is 5.69 Å². The summed E-state index contributed by atoms with van der Waals surface area (Å²) in [6.07, 6.45) is -0.169. The molecule has 0 bridgehead atoms. The molecule has 0 aliphatic rings. The van der Waals surface area contributed by atoms with Crippen LogP contribution in [-0.2, 0) is 9.47 Å². The number of carbonyl (C=O) groups excluding carboxylic acids is 1. The zero-order valence-electron chi connectivity index (χ0n) is 10.3. The van der Waals surface area contributed by atoms with E-state index in [1.807, 2.05) is 0 Å². The molecule has 98 valence electrons. The van der Waals surface area contributed by atoms with Crippen LogP contribution < -0.4 is 0 Å². The first-order chi connectivity index (χ1) is 8.54. The van der Waals surface area contributed by atoms with Gasteiger partial charge in [-0.1, -0.05) is 0 Å². The molecule has 18 heavy (non-hydrogen) atoms. The number of nitro groups is 1. The number of non-ortho nitro benzene ring substituents is 1. The van der Waals surface area contributed by atoms with Gasteiger partial charge in [0.15, 0.2) is 5.78 Å². The zero-order valence-corrected chi connectivity index (χ0v) is 10.3. The summed E-state index contributed by atoms with van der Waals surface area (Å²) < 4.78 is 10.1. The first-order valence-electron chi connectivity index (χ1n) is 5.42. The Morgan fingerprint density at radius 1 is 1.39 bits per heavy atom. The maximum atomic E-state index is 11.7. The first-order valence-corrected chi connectivity index (χ1v) is 5.42. The van der Waals surface area contributed by atoms with Crippen molar-refractivity contribution in [1.82, 2.24) is 0 Å². The van der Waals surface area contributed by atoms with Crippen molar-refractivity contribution in [3.63, 3.8) is 0 Å². The summed E-state index contributed by atoms with van der Waals surface area (Å²) in [4.78, 5) is 21.6. The number of ketones is 1. The molecule has 6 heteroatoms. The van der Waals surface area contributed by atoms with Crippen LogP contribution in [0.2, 0.25) is 0 Å². The summed E-state index contributed by atoms with van der Waals surface area (Å²) in [7, 11) is 1.55. The zero-order chi connectivity index (χ0) is 13.5. The van der Waals surface area contributed by atoms with Gasteiger partial charge in [0.05, 0.1) is 17.6 Å². The van der Waals surface area contributed by atoms with Gasteiger partial charge in [0.25, 0.3) is 5.69 Å². The summed E-state index contributed by atoms with van der Waals surface area (Å²) in [5.74, 6) is -0.215. The molecule has 0 heterocycles. The second-order valence-corrected chi connectivity index (χ2v) is 3.80. The molecule has 0 spiro atoms. The largest absolute Gasteiger partial charge is 0.382 e. The second-order valence-electron chi connectivity index (χ2n) is 3.80. The molecule has 1 aromatic rings. The number of rotatable bonds is 7. The third-order valence-electron chi connectivity index (χ3n) is 2.30. The molecule has 0 aromatic heterocycles. The molecule has 0 N–H and O–H groups in total. The van der Waals surface area contributed by atoms with E-state index in [0.29, 0.717) is 12.2 Å². The summed E-state index contributed by atoms with van der Waals surface area (Å²) in [5.41, 5.74) is 0.352. The molecule has 1 aromatic carbocycles. The minimum absolute atomic E-state index is 0.0415. The topological polar surface area (TPSA) is 78.7 Å². The fourth-order valence-electron chi connectivity index (χ4n) is 1.35. The van der Waals surface area contributed by atoms with Crippen molar-refractivity contribution in [3.05, 3.63) is 39.9 Å². The molecular formula is C12H15NO5. The number of nitrogens with zero attached hydrogens (tertiary/aromatic N) is 1. The van der Waals surface area contributed by atoms with Gasteiger partial charge in [-0.05, 0) is 19.1 Å². The highest BCUT2D eigenvalue weighted by molar-refractivity contribution is 5.97. The van der Waals surface area contributed by atoms with Gasteiger partial charge in [-0.15, -0.1) is 0 Å². The minimum atomic E-state index is -0.509. The number of Topliss-reactive ketones (excluding diaryl/α,β-unsaturated/α-hetero) is 1. The molecule has 0 amide bonds. The van der Waals surface area contributed by atoms with Crippen molar-refractivity contribution in [2.75, 3.05) is 20.3 Å². The fourth-order valence-corrected chi connectivity index (χ4v) is 1.35. The molecule has 0 radical (unpaired) electrons. The number of ether oxygens (including phenoxy) is 2. The molecule has 0 aliphatic heterocycles. The van der Waals surface area contributed by atoms with Crippen molar-refractivity contribution < 1.29 is 19.2 Å². The van der Waals surface area contributed by atoms with Gasteiger partial charge in [0.2, 0.25) is 0 Å². The number of hydrogen-bond donors (Lipinski definition) is 0. The lowest BCUT2D eigenvalue weighted by atomic mass is 10.1. The Morgan fingerprint density at radius 3 is 2.50 bits per heavy atom. The van der Waals surface area contributed by atoms with Crippen LogP contribution in [0.25, 0.3) is 0 Å². The lowest BCUT2D eigenvalue weighted by Crippen LogP contribution is -2.19. The standard InChI is InChI=1S/C12H15NO5/c1-9(7-17-2)18-8-12(14)10-3-5-11(6-4-10)13(15)16/h3-6,9H,7-8H2,1-2H3.